The molecule has 0 bridgehead atoms. The number of anilines is 2. The Bertz CT molecular complexity index is 1230. The number of nitrogens with one attached hydrogen (secondary N) is 2. The Morgan fingerprint density at radius 3 is 2.61 bits per heavy atom. The number of pyridine rings is 1. The fourth-order valence-corrected chi connectivity index (χ4v) is 4.35. The van der Waals surface area contributed by atoms with E-state index >= 15 is 0 Å². The van der Waals surface area contributed by atoms with Crippen LogP contribution in [0, 0.1) is 17.2 Å². The van der Waals surface area contributed by atoms with Crippen molar-refractivity contribution in [2.75, 3.05) is 19.4 Å². The molecule has 11 heteroatoms. The van der Waals surface area contributed by atoms with Crippen LogP contribution in [-0.2, 0) is 0 Å². The molecule has 1 aliphatic rings. The van der Waals surface area contributed by atoms with Crippen molar-refractivity contribution in [3.8, 4) is 11.8 Å². The van der Waals surface area contributed by atoms with Crippen molar-refractivity contribution in [2.24, 2.45) is 5.92 Å². The maximum atomic E-state index is 12.6. The van der Waals surface area contributed by atoms with Gasteiger partial charge in [0.05, 0.1) is 23.5 Å². The first-order chi connectivity index (χ1) is 15.7. The fourth-order valence-electron chi connectivity index (χ4n) is 4.35. The Labute approximate surface area is 187 Å². The first-order valence-electron chi connectivity index (χ1n) is 10.4. The molecular formula is C22H23F3N6O2. The van der Waals surface area contributed by atoms with E-state index < -0.39 is 6.36 Å². The minimum atomic E-state index is -4.78. The summed E-state index contributed by atoms with van der Waals surface area (Å²) in [5.41, 5.74) is 0.674. The van der Waals surface area contributed by atoms with E-state index in [1.54, 1.807) is 10.7 Å². The second kappa shape index (κ2) is 8.78. The summed E-state index contributed by atoms with van der Waals surface area (Å²) in [6.07, 6.45) is -0.928. The van der Waals surface area contributed by atoms with Crippen LogP contribution < -0.4 is 15.6 Å². The number of nitriles is 1. The molecular weight excluding hydrogens is 437 g/mol. The van der Waals surface area contributed by atoms with Crippen molar-refractivity contribution >= 4 is 22.4 Å². The first kappa shape index (κ1) is 22.7. The topological polar surface area (TPSA) is 99.0 Å². The maximum absolute atomic E-state index is 12.6. The Hall–Kier alpha value is -3.52. The van der Waals surface area contributed by atoms with Crippen LogP contribution in [-0.4, -0.2) is 46.2 Å². The molecule has 8 nitrogen and oxygen atoms in total. The SMILES string of the molecule is CN(C)[C@H]1CC[C@H](n2nc(Nc3ccc(OC(F)(F)F)cc3)c3c(=O)[nH]ccc32)[C@@H](C#N)C1. The molecule has 0 spiro atoms. The zero-order chi connectivity index (χ0) is 23.8. The van der Waals surface area contributed by atoms with E-state index in [1.165, 1.54) is 30.5 Å². The van der Waals surface area contributed by atoms with E-state index in [9.17, 15) is 23.2 Å². The van der Waals surface area contributed by atoms with Crippen LogP contribution >= 0.6 is 0 Å². The zero-order valence-corrected chi connectivity index (χ0v) is 18.1. The molecule has 1 aliphatic carbocycles. The summed E-state index contributed by atoms with van der Waals surface area (Å²) in [7, 11) is 3.99. The number of fused-ring (bicyclic) bond motifs is 1. The molecule has 1 aromatic carbocycles. The van der Waals surface area contributed by atoms with E-state index in [-0.39, 0.29) is 29.1 Å². The minimum Gasteiger partial charge on any atom is -0.406 e. The first-order valence-corrected chi connectivity index (χ1v) is 10.4. The van der Waals surface area contributed by atoms with Crippen LogP contribution in [0.15, 0.2) is 41.3 Å². The number of benzene rings is 1. The number of nitrogens with zero attached hydrogens (tertiary/aromatic N) is 4. The smallest absolute Gasteiger partial charge is 0.406 e. The number of hydrogen-bond donors (Lipinski definition) is 2. The molecule has 4 rings (SSSR count). The molecule has 3 aromatic rings. The number of alkyl halides is 3. The van der Waals surface area contributed by atoms with E-state index in [4.69, 9.17) is 0 Å². The second-order valence-corrected chi connectivity index (χ2v) is 8.29. The lowest BCUT2D eigenvalue weighted by Crippen LogP contribution is -2.37. The third-order valence-electron chi connectivity index (χ3n) is 5.98. The predicted molar refractivity (Wildman–Crippen MR) is 116 cm³/mol. The summed E-state index contributed by atoms with van der Waals surface area (Å²) < 4.78 is 42.8. The molecule has 174 valence electrons. The number of rotatable bonds is 5. The summed E-state index contributed by atoms with van der Waals surface area (Å²) in [5.74, 6) is -0.362. The Balaban J connectivity index is 1.67. The third-order valence-corrected chi connectivity index (χ3v) is 5.98. The lowest BCUT2D eigenvalue weighted by molar-refractivity contribution is -0.274. The highest BCUT2D eigenvalue weighted by Crippen LogP contribution is 2.38. The summed E-state index contributed by atoms with van der Waals surface area (Å²) >= 11 is 0. The van der Waals surface area contributed by atoms with Gasteiger partial charge in [-0.2, -0.15) is 10.4 Å². The molecule has 1 fully saturated rings. The average molecular weight is 460 g/mol. The van der Waals surface area contributed by atoms with Crippen LogP contribution in [0.4, 0.5) is 24.7 Å². The predicted octanol–water partition coefficient (Wildman–Crippen LogP) is 4.16. The van der Waals surface area contributed by atoms with Gasteiger partial charge in [-0.25, -0.2) is 0 Å². The van der Waals surface area contributed by atoms with Gasteiger partial charge in [0.15, 0.2) is 5.82 Å². The number of halogens is 3. The molecule has 0 aliphatic heterocycles. The molecule has 0 saturated heterocycles. The summed E-state index contributed by atoms with van der Waals surface area (Å²) in [5, 5.41) is 17.8. The lowest BCUT2D eigenvalue weighted by atomic mass is 9.82. The van der Waals surface area contributed by atoms with Gasteiger partial charge < -0.3 is 19.9 Å². The van der Waals surface area contributed by atoms with Crippen LogP contribution in [0.25, 0.3) is 10.9 Å². The quantitative estimate of drug-likeness (QED) is 0.593. The number of aromatic amines is 1. The lowest BCUT2D eigenvalue weighted by Gasteiger charge is -2.36. The molecule has 3 atom stereocenters. The normalized spacial score (nSPS) is 21.2. The molecule has 0 amide bonds. The molecule has 1 saturated carbocycles. The van der Waals surface area contributed by atoms with Crippen molar-refractivity contribution in [3.63, 3.8) is 0 Å². The van der Waals surface area contributed by atoms with Crippen LogP contribution in [0.1, 0.15) is 25.3 Å². The number of aromatic nitrogens is 3. The van der Waals surface area contributed by atoms with Crippen molar-refractivity contribution in [3.05, 3.63) is 46.9 Å². The minimum absolute atomic E-state index is 0.200. The molecule has 2 aromatic heterocycles. The van der Waals surface area contributed by atoms with Gasteiger partial charge in [-0.3, -0.25) is 9.48 Å². The highest BCUT2D eigenvalue weighted by Gasteiger charge is 2.35. The molecule has 0 unspecified atom stereocenters. The molecule has 0 radical (unpaired) electrons. The van der Waals surface area contributed by atoms with Crippen LogP contribution in [0.5, 0.6) is 5.75 Å². The standard InChI is InChI=1S/C22H23F3N6O2/c1-30(2)15-5-8-17(13(11-15)12-26)31-18-9-10-27-21(32)19(18)20(29-31)28-14-3-6-16(7-4-14)33-22(23,24)25/h3-4,6-7,9-10,13,15,17H,5,8,11H2,1-2H3,(H,27,32)(H,28,29)/t13-,15+,17+/m1/s1. The van der Waals surface area contributed by atoms with E-state index in [1.807, 2.05) is 14.1 Å². The van der Waals surface area contributed by atoms with Gasteiger partial charge in [0, 0.05) is 17.9 Å². The van der Waals surface area contributed by atoms with Gasteiger partial charge in [-0.05, 0) is 63.7 Å². The molecule has 2 heterocycles. The zero-order valence-electron chi connectivity index (χ0n) is 18.1. The maximum Gasteiger partial charge on any atom is 0.573 e. The highest BCUT2D eigenvalue weighted by atomic mass is 19.4. The van der Waals surface area contributed by atoms with Gasteiger partial charge in [0.25, 0.3) is 5.56 Å². The largest absolute Gasteiger partial charge is 0.573 e. The molecule has 2 N–H and O–H groups in total. The van der Waals surface area contributed by atoms with E-state index in [0.29, 0.717) is 29.1 Å². The van der Waals surface area contributed by atoms with E-state index in [0.717, 1.165) is 12.8 Å². The number of ether oxygens (including phenoxy) is 1. The van der Waals surface area contributed by atoms with Gasteiger partial charge in [-0.15, -0.1) is 13.2 Å². The number of H-pyrrole nitrogens is 1. The van der Waals surface area contributed by atoms with Crippen molar-refractivity contribution in [1.29, 1.82) is 5.26 Å². The molecule has 33 heavy (non-hydrogen) atoms. The van der Waals surface area contributed by atoms with Gasteiger partial charge in [0.2, 0.25) is 0 Å². The van der Waals surface area contributed by atoms with Crippen LogP contribution in [0.2, 0.25) is 0 Å². The Kier molecular flexibility index (Phi) is 6.03. The Morgan fingerprint density at radius 1 is 1.24 bits per heavy atom. The monoisotopic (exact) mass is 460 g/mol. The van der Waals surface area contributed by atoms with Crippen molar-refractivity contribution in [1.82, 2.24) is 19.7 Å². The van der Waals surface area contributed by atoms with Gasteiger partial charge in [0.1, 0.15) is 11.1 Å². The number of hydrogen-bond acceptors (Lipinski definition) is 6. The highest BCUT2D eigenvalue weighted by molar-refractivity contribution is 5.91. The summed E-state index contributed by atoms with van der Waals surface area (Å²) in [6.45, 7) is 0. The Morgan fingerprint density at radius 2 is 1.97 bits per heavy atom. The van der Waals surface area contributed by atoms with Crippen molar-refractivity contribution < 1.29 is 17.9 Å². The van der Waals surface area contributed by atoms with Crippen molar-refractivity contribution in [2.45, 2.75) is 37.7 Å². The summed E-state index contributed by atoms with van der Waals surface area (Å²) in [4.78, 5) is 17.4. The van der Waals surface area contributed by atoms with E-state index in [2.05, 4.69) is 31.1 Å². The van der Waals surface area contributed by atoms with Crippen LogP contribution in [0.3, 0.4) is 0 Å². The third kappa shape index (κ3) is 4.80. The van der Waals surface area contributed by atoms with Gasteiger partial charge in [-0.1, -0.05) is 0 Å². The fraction of sp³-hybridized carbons (Fsp3) is 0.409. The van der Waals surface area contributed by atoms with Gasteiger partial charge >= 0.3 is 6.36 Å². The average Bonchev–Trinajstić information content (AvgIpc) is 3.13. The summed E-state index contributed by atoms with van der Waals surface area (Å²) in [6, 6.07) is 9.40. The second-order valence-electron chi connectivity index (χ2n) is 8.29.